The van der Waals surface area contributed by atoms with Crippen molar-refractivity contribution in [3.05, 3.63) is 71.3 Å². The first-order valence-corrected chi connectivity index (χ1v) is 7.96. The van der Waals surface area contributed by atoms with Gasteiger partial charge in [0.2, 0.25) is 0 Å². The van der Waals surface area contributed by atoms with E-state index in [1.54, 1.807) is 11.3 Å². The largest absolute Gasteiger partial charge is 0.350 e. The van der Waals surface area contributed by atoms with E-state index in [1.165, 1.54) is 6.33 Å². The lowest BCUT2D eigenvalue weighted by molar-refractivity contribution is 0.0937. The average Bonchev–Trinajstić information content (AvgIpc) is 3.29. The molecule has 0 saturated carbocycles. The molecule has 3 aromatic heterocycles. The van der Waals surface area contributed by atoms with Gasteiger partial charge in [0, 0.05) is 0 Å². The van der Waals surface area contributed by atoms with Gasteiger partial charge in [0.25, 0.3) is 5.91 Å². The van der Waals surface area contributed by atoms with Gasteiger partial charge in [-0.1, -0.05) is 30.3 Å². The summed E-state index contributed by atoms with van der Waals surface area (Å²) < 4.78 is 1.06. The average molecular weight is 323 g/mol. The van der Waals surface area contributed by atoms with E-state index in [2.05, 4.69) is 25.5 Å². The second-order valence-corrected chi connectivity index (χ2v) is 6.02. The summed E-state index contributed by atoms with van der Waals surface area (Å²) in [6.45, 7) is 0. The number of hydrogen-bond acceptors (Lipinski definition) is 4. The minimum atomic E-state index is -0.382. The van der Waals surface area contributed by atoms with Gasteiger partial charge in [0.05, 0.1) is 10.2 Å². The lowest BCUT2D eigenvalue weighted by Crippen LogP contribution is -2.30. The van der Waals surface area contributed by atoms with E-state index < -0.39 is 0 Å². The highest BCUT2D eigenvalue weighted by molar-refractivity contribution is 7.17. The normalized spacial score (nSPS) is 12.3. The van der Waals surface area contributed by atoms with Crippen LogP contribution >= 0.6 is 11.3 Å². The van der Waals surface area contributed by atoms with Gasteiger partial charge in [-0.3, -0.25) is 9.89 Å². The predicted octanol–water partition coefficient (Wildman–Crippen LogP) is 2.87. The highest BCUT2D eigenvalue weighted by Crippen LogP contribution is 2.23. The molecule has 0 spiro atoms. The maximum atomic E-state index is 12.6. The molecule has 0 aliphatic heterocycles. The smallest absolute Gasteiger partial charge is 0.268 e. The molecule has 6 nitrogen and oxygen atoms in total. The van der Waals surface area contributed by atoms with Crippen LogP contribution in [-0.2, 0) is 0 Å². The molecule has 114 valence electrons. The summed E-state index contributed by atoms with van der Waals surface area (Å²) in [7, 11) is 0. The van der Waals surface area contributed by atoms with Crippen molar-refractivity contribution in [1.29, 1.82) is 0 Å². The number of fused-ring (bicyclic) bond motifs is 1. The molecule has 0 aliphatic carbocycles. The molecule has 1 atom stereocenters. The lowest BCUT2D eigenvalue weighted by Gasteiger charge is -2.16. The van der Waals surface area contributed by atoms with Crippen LogP contribution in [0, 0.1) is 0 Å². The summed E-state index contributed by atoms with van der Waals surface area (Å²) in [5, 5.41) is 11.7. The monoisotopic (exact) mass is 323 g/mol. The molecule has 0 radical (unpaired) electrons. The second-order valence-electron chi connectivity index (χ2n) is 5.07. The number of aromatic nitrogens is 4. The zero-order valence-corrected chi connectivity index (χ0v) is 12.8. The van der Waals surface area contributed by atoms with Gasteiger partial charge in [-0.2, -0.15) is 5.10 Å². The van der Waals surface area contributed by atoms with Gasteiger partial charge in [-0.15, -0.1) is 11.3 Å². The van der Waals surface area contributed by atoms with Crippen LogP contribution in [-0.4, -0.2) is 26.1 Å². The molecular weight excluding hydrogens is 310 g/mol. The number of aromatic amines is 2. The molecule has 4 aromatic rings. The predicted molar refractivity (Wildman–Crippen MR) is 88.3 cm³/mol. The second kappa shape index (κ2) is 5.69. The SMILES string of the molecule is O=C(N[C@@H](c1ccccc1)c1ncn[nH]1)c1cc2sccc2[nH]1. The van der Waals surface area contributed by atoms with Gasteiger partial charge in [0.1, 0.15) is 18.1 Å². The molecular formula is C16H13N5OS. The molecule has 3 N–H and O–H groups in total. The van der Waals surface area contributed by atoms with Crippen molar-refractivity contribution in [2.24, 2.45) is 0 Å². The molecule has 0 saturated heterocycles. The molecule has 1 aromatic carbocycles. The van der Waals surface area contributed by atoms with Crippen LogP contribution in [0.25, 0.3) is 10.2 Å². The van der Waals surface area contributed by atoms with Crippen LogP contribution in [0.2, 0.25) is 0 Å². The molecule has 0 fully saturated rings. The fraction of sp³-hybridized carbons (Fsp3) is 0.0625. The maximum absolute atomic E-state index is 12.6. The first-order valence-electron chi connectivity index (χ1n) is 7.08. The summed E-state index contributed by atoms with van der Waals surface area (Å²) in [6.07, 6.45) is 1.43. The van der Waals surface area contributed by atoms with Crippen molar-refractivity contribution in [1.82, 2.24) is 25.5 Å². The number of nitrogens with one attached hydrogen (secondary N) is 3. The number of hydrogen-bond donors (Lipinski definition) is 3. The van der Waals surface area contributed by atoms with E-state index >= 15 is 0 Å². The van der Waals surface area contributed by atoms with Gasteiger partial charge >= 0.3 is 0 Å². The standard InChI is InChI=1S/C16H13N5OS/c22-16(12-8-13-11(19-12)6-7-23-13)20-14(15-17-9-18-21-15)10-4-2-1-3-5-10/h1-9,14,19H,(H,20,22)(H,17,18,21)/t14-/m0/s1. The van der Waals surface area contributed by atoms with Crippen molar-refractivity contribution in [3.63, 3.8) is 0 Å². The Hall–Kier alpha value is -2.93. The molecule has 1 amide bonds. The van der Waals surface area contributed by atoms with E-state index in [1.807, 2.05) is 47.8 Å². The third-order valence-electron chi connectivity index (χ3n) is 3.60. The zero-order valence-electron chi connectivity index (χ0n) is 12.0. The Morgan fingerprint density at radius 1 is 1.22 bits per heavy atom. The van der Waals surface area contributed by atoms with Gasteiger partial charge < -0.3 is 10.3 Å². The number of rotatable bonds is 4. The number of carbonyl (C=O) groups is 1. The molecule has 7 heteroatoms. The number of H-pyrrole nitrogens is 2. The van der Waals surface area contributed by atoms with Crippen molar-refractivity contribution in [3.8, 4) is 0 Å². The Balaban J connectivity index is 1.65. The molecule has 0 bridgehead atoms. The number of amides is 1. The summed E-state index contributed by atoms with van der Waals surface area (Å²) in [5.41, 5.74) is 2.44. The van der Waals surface area contributed by atoms with Gasteiger partial charge in [-0.05, 0) is 23.1 Å². The number of carbonyl (C=O) groups excluding carboxylic acids is 1. The quantitative estimate of drug-likeness (QED) is 0.540. The molecule has 3 heterocycles. The van der Waals surface area contributed by atoms with E-state index in [0.717, 1.165) is 15.8 Å². The maximum Gasteiger partial charge on any atom is 0.268 e. The third-order valence-corrected chi connectivity index (χ3v) is 4.46. The van der Waals surface area contributed by atoms with Gasteiger partial charge in [0.15, 0.2) is 5.82 Å². The lowest BCUT2D eigenvalue weighted by atomic mass is 10.1. The van der Waals surface area contributed by atoms with Crippen LogP contribution < -0.4 is 5.32 Å². The van der Waals surface area contributed by atoms with Gasteiger partial charge in [-0.25, -0.2) is 4.98 Å². The molecule has 0 unspecified atom stereocenters. The minimum absolute atomic E-state index is 0.182. The van der Waals surface area contributed by atoms with Crippen molar-refractivity contribution in [2.45, 2.75) is 6.04 Å². The Kier molecular flexibility index (Phi) is 3.39. The minimum Gasteiger partial charge on any atom is -0.350 e. The first kappa shape index (κ1) is 13.7. The fourth-order valence-electron chi connectivity index (χ4n) is 2.49. The summed E-state index contributed by atoms with van der Waals surface area (Å²) in [6, 6.07) is 13.1. The fourth-order valence-corrected chi connectivity index (χ4v) is 3.27. The van der Waals surface area contributed by atoms with E-state index in [-0.39, 0.29) is 11.9 Å². The van der Waals surface area contributed by atoms with Crippen LogP contribution in [0.3, 0.4) is 0 Å². The van der Waals surface area contributed by atoms with E-state index in [9.17, 15) is 4.79 Å². The highest BCUT2D eigenvalue weighted by Gasteiger charge is 2.21. The van der Waals surface area contributed by atoms with Crippen LogP contribution in [0.4, 0.5) is 0 Å². The summed E-state index contributed by atoms with van der Waals surface area (Å²) in [4.78, 5) is 19.9. The van der Waals surface area contributed by atoms with Crippen molar-refractivity contribution in [2.75, 3.05) is 0 Å². The van der Waals surface area contributed by atoms with Crippen LogP contribution in [0.15, 0.2) is 54.2 Å². The Bertz CT molecular complexity index is 897. The van der Waals surface area contributed by atoms with Crippen molar-refractivity contribution >= 4 is 27.5 Å². The summed E-state index contributed by atoms with van der Waals surface area (Å²) >= 11 is 1.60. The molecule has 0 aliphatic rings. The van der Waals surface area contributed by atoms with E-state index in [4.69, 9.17) is 0 Å². The van der Waals surface area contributed by atoms with Crippen LogP contribution in [0.5, 0.6) is 0 Å². The Morgan fingerprint density at radius 2 is 2.09 bits per heavy atom. The third kappa shape index (κ3) is 2.62. The first-order chi connectivity index (χ1) is 11.3. The summed E-state index contributed by atoms with van der Waals surface area (Å²) in [5.74, 6) is 0.413. The number of benzene rings is 1. The topological polar surface area (TPSA) is 86.5 Å². The van der Waals surface area contributed by atoms with Crippen molar-refractivity contribution < 1.29 is 4.79 Å². The number of nitrogens with zero attached hydrogens (tertiary/aromatic N) is 2. The molecule has 23 heavy (non-hydrogen) atoms. The zero-order chi connectivity index (χ0) is 15.6. The Labute approximate surface area is 135 Å². The Morgan fingerprint density at radius 3 is 2.83 bits per heavy atom. The number of thiophene rings is 1. The highest BCUT2D eigenvalue weighted by atomic mass is 32.1. The van der Waals surface area contributed by atoms with Crippen LogP contribution in [0.1, 0.15) is 27.9 Å². The van der Waals surface area contributed by atoms with E-state index in [0.29, 0.717) is 11.5 Å². The molecule has 4 rings (SSSR count).